The Morgan fingerprint density at radius 2 is 1.73 bits per heavy atom. The van der Waals surface area contributed by atoms with Gasteiger partial charge in [0.25, 0.3) is 0 Å². The fraction of sp³-hybridized carbons (Fsp3) is 0.417. The first-order chi connectivity index (χ1) is 14.1. The minimum absolute atomic E-state index is 0.129. The molecule has 1 unspecified atom stereocenters. The van der Waals surface area contributed by atoms with Gasteiger partial charge in [0.05, 0.1) is 13.5 Å². The van der Waals surface area contributed by atoms with E-state index in [-0.39, 0.29) is 30.3 Å². The first kappa shape index (κ1) is 23.7. The molecule has 0 aliphatic carbocycles. The Labute approximate surface area is 184 Å². The van der Waals surface area contributed by atoms with Crippen LogP contribution in [0.4, 0.5) is 0 Å². The molecule has 162 valence electrons. The maximum absolute atomic E-state index is 13.3. The van der Waals surface area contributed by atoms with Crippen molar-refractivity contribution in [2.24, 2.45) is 0 Å². The normalized spacial score (nSPS) is 12.2. The number of amides is 2. The summed E-state index contributed by atoms with van der Waals surface area (Å²) in [5.41, 5.74) is 1.28. The number of ether oxygens (including phenoxy) is 1. The largest absolute Gasteiger partial charge is 0.497 e. The van der Waals surface area contributed by atoms with Gasteiger partial charge < -0.3 is 15.0 Å². The molecule has 2 amide bonds. The molecular formula is C24H31ClN2O3. The Balaban J connectivity index is 2.31. The summed E-state index contributed by atoms with van der Waals surface area (Å²) >= 11 is 6.35. The number of benzene rings is 2. The number of carbonyl (C=O) groups is 2. The zero-order valence-corrected chi connectivity index (χ0v) is 19.1. The number of hydrogen-bond acceptors (Lipinski definition) is 3. The molecule has 1 atom stereocenters. The van der Waals surface area contributed by atoms with Crippen LogP contribution in [0.25, 0.3) is 0 Å². The number of carbonyl (C=O) groups excluding carboxylic acids is 2. The molecule has 0 heterocycles. The van der Waals surface area contributed by atoms with E-state index in [2.05, 4.69) is 5.32 Å². The molecule has 0 bridgehead atoms. The van der Waals surface area contributed by atoms with Gasteiger partial charge in [0.1, 0.15) is 11.8 Å². The van der Waals surface area contributed by atoms with Crippen LogP contribution in [0, 0.1) is 0 Å². The smallest absolute Gasteiger partial charge is 0.243 e. The molecule has 6 heteroatoms. The fourth-order valence-corrected chi connectivity index (χ4v) is 3.40. The first-order valence-electron chi connectivity index (χ1n) is 10.1. The molecule has 30 heavy (non-hydrogen) atoms. The lowest BCUT2D eigenvalue weighted by molar-refractivity contribution is -0.141. The Morgan fingerprint density at radius 1 is 1.10 bits per heavy atom. The van der Waals surface area contributed by atoms with Crippen LogP contribution in [0.15, 0.2) is 48.5 Å². The van der Waals surface area contributed by atoms with E-state index in [1.807, 2.05) is 70.2 Å². The average Bonchev–Trinajstić information content (AvgIpc) is 2.68. The summed E-state index contributed by atoms with van der Waals surface area (Å²) in [6, 6.07) is 14.2. The third-order valence-corrected chi connectivity index (χ3v) is 5.07. The number of rotatable bonds is 8. The van der Waals surface area contributed by atoms with Crippen molar-refractivity contribution in [1.82, 2.24) is 10.2 Å². The van der Waals surface area contributed by atoms with Gasteiger partial charge in [-0.2, -0.15) is 0 Å². The third kappa shape index (κ3) is 6.77. The second kappa shape index (κ2) is 10.5. The molecule has 0 aliphatic heterocycles. The molecule has 0 aromatic heterocycles. The summed E-state index contributed by atoms with van der Waals surface area (Å²) in [6.07, 6.45) is 0.689. The molecular weight excluding hydrogens is 400 g/mol. The maximum atomic E-state index is 13.3. The molecule has 2 aromatic rings. The number of nitrogens with zero attached hydrogens (tertiary/aromatic N) is 1. The minimum atomic E-state index is -0.591. The van der Waals surface area contributed by atoms with E-state index < -0.39 is 6.04 Å². The van der Waals surface area contributed by atoms with Crippen LogP contribution in [0.5, 0.6) is 5.75 Å². The predicted molar refractivity (Wildman–Crippen MR) is 121 cm³/mol. The Hall–Kier alpha value is -2.53. The third-order valence-electron chi connectivity index (χ3n) is 4.70. The van der Waals surface area contributed by atoms with E-state index in [4.69, 9.17) is 16.3 Å². The van der Waals surface area contributed by atoms with Gasteiger partial charge in [-0.25, -0.2) is 0 Å². The number of nitrogens with one attached hydrogen (secondary N) is 1. The van der Waals surface area contributed by atoms with Crippen molar-refractivity contribution in [2.75, 3.05) is 7.11 Å². The highest BCUT2D eigenvalue weighted by atomic mass is 35.5. The van der Waals surface area contributed by atoms with E-state index in [0.29, 0.717) is 11.4 Å². The maximum Gasteiger partial charge on any atom is 0.243 e. The molecule has 1 N–H and O–H groups in total. The average molecular weight is 431 g/mol. The van der Waals surface area contributed by atoms with Gasteiger partial charge in [0.15, 0.2) is 0 Å². The lowest BCUT2D eigenvalue weighted by atomic mass is 10.0. The standard InChI is InChI=1S/C24H31ClN2O3/c1-6-21(23(29)26-24(2,3)4)27(16-18-9-7-8-10-20(18)25)22(28)15-17-11-13-19(30-5)14-12-17/h7-14,21H,6,15-16H2,1-5H3,(H,26,29). The molecule has 0 saturated carbocycles. The summed E-state index contributed by atoms with van der Waals surface area (Å²) < 4.78 is 5.18. The highest BCUT2D eigenvalue weighted by Crippen LogP contribution is 2.21. The van der Waals surface area contributed by atoms with Crippen molar-refractivity contribution in [3.8, 4) is 5.75 Å². The lowest BCUT2D eigenvalue weighted by Crippen LogP contribution is -2.53. The molecule has 0 radical (unpaired) electrons. The van der Waals surface area contributed by atoms with Gasteiger partial charge in [-0.3, -0.25) is 9.59 Å². The van der Waals surface area contributed by atoms with Gasteiger partial charge in [-0.15, -0.1) is 0 Å². The molecule has 0 fully saturated rings. The van der Waals surface area contributed by atoms with Crippen LogP contribution >= 0.6 is 11.6 Å². The zero-order chi connectivity index (χ0) is 22.3. The topological polar surface area (TPSA) is 58.6 Å². The van der Waals surface area contributed by atoms with Crippen LogP contribution in [0.2, 0.25) is 5.02 Å². The van der Waals surface area contributed by atoms with Crippen molar-refractivity contribution < 1.29 is 14.3 Å². The van der Waals surface area contributed by atoms with E-state index in [1.165, 1.54) is 0 Å². The van der Waals surface area contributed by atoms with Gasteiger partial charge in [0, 0.05) is 17.1 Å². The predicted octanol–water partition coefficient (Wildman–Crippen LogP) is 4.61. The van der Waals surface area contributed by atoms with Crippen LogP contribution in [0.1, 0.15) is 45.2 Å². The summed E-state index contributed by atoms with van der Waals surface area (Å²) in [5.74, 6) is 0.436. The van der Waals surface area contributed by atoms with Gasteiger partial charge in [-0.05, 0) is 56.5 Å². The highest BCUT2D eigenvalue weighted by Gasteiger charge is 2.31. The van der Waals surface area contributed by atoms with Crippen LogP contribution in [-0.4, -0.2) is 35.4 Å². The van der Waals surface area contributed by atoms with E-state index in [9.17, 15) is 9.59 Å². The molecule has 0 saturated heterocycles. The van der Waals surface area contributed by atoms with Crippen LogP contribution in [0.3, 0.4) is 0 Å². The van der Waals surface area contributed by atoms with Crippen molar-refractivity contribution in [1.29, 1.82) is 0 Å². The van der Waals surface area contributed by atoms with Crippen LogP contribution < -0.4 is 10.1 Å². The highest BCUT2D eigenvalue weighted by molar-refractivity contribution is 6.31. The molecule has 2 rings (SSSR count). The number of methoxy groups -OCH3 is 1. The monoisotopic (exact) mass is 430 g/mol. The molecule has 0 spiro atoms. The van der Waals surface area contributed by atoms with Crippen molar-refractivity contribution in [3.05, 3.63) is 64.7 Å². The SMILES string of the molecule is CCC(C(=O)NC(C)(C)C)N(Cc1ccccc1Cl)C(=O)Cc1ccc(OC)cc1. The lowest BCUT2D eigenvalue weighted by Gasteiger charge is -2.33. The van der Waals surface area contributed by atoms with Crippen LogP contribution in [-0.2, 0) is 22.6 Å². The van der Waals surface area contributed by atoms with Gasteiger partial charge >= 0.3 is 0 Å². The minimum Gasteiger partial charge on any atom is -0.497 e. The zero-order valence-electron chi connectivity index (χ0n) is 18.4. The van der Waals surface area contributed by atoms with E-state index in [1.54, 1.807) is 18.1 Å². The Bertz CT molecular complexity index is 859. The second-order valence-corrected chi connectivity index (χ2v) is 8.71. The van der Waals surface area contributed by atoms with Gasteiger partial charge in [-0.1, -0.05) is 48.9 Å². The molecule has 2 aromatic carbocycles. The Kier molecular flexibility index (Phi) is 8.30. The molecule has 5 nitrogen and oxygen atoms in total. The van der Waals surface area contributed by atoms with Crippen molar-refractivity contribution in [2.45, 2.75) is 58.7 Å². The summed E-state index contributed by atoms with van der Waals surface area (Å²) in [4.78, 5) is 27.9. The summed E-state index contributed by atoms with van der Waals surface area (Å²) in [6.45, 7) is 7.96. The van der Waals surface area contributed by atoms with Gasteiger partial charge in [0.2, 0.25) is 11.8 Å². The summed E-state index contributed by atoms with van der Waals surface area (Å²) in [7, 11) is 1.60. The quantitative estimate of drug-likeness (QED) is 0.665. The first-order valence-corrected chi connectivity index (χ1v) is 10.5. The van der Waals surface area contributed by atoms with Crippen molar-refractivity contribution >= 4 is 23.4 Å². The van der Waals surface area contributed by atoms with E-state index >= 15 is 0 Å². The second-order valence-electron chi connectivity index (χ2n) is 8.30. The van der Waals surface area contributed by atoms with Crippen molar-refractivity contribution in [3.63, 3.8) is 0 Å². The van der Waals surface area contributed by atoms with E-state index in [0.717, 1.165) is 16.9 Å². The Morgan fingerprint density at radius 3 is 2.27 bits per heavy atom. The molecule has 0 aliphatic rings. The fourth-order valence-electron chi connectivity index (χ4n) is 3.20. The number of hydrogen-bond donors (Lipinski definition) is 1. The number of halogens is 1. The summed E-state index contributed by atoms with van der Waals surface area (Å²) in [5, 5.41) is 3.58.